The van der Waals surface area contributed by atoms with Crippen LogP contribution in [0.4, 0.5) is 0 Å². The second-order valence-corrected chi connectivity index (χ2v) is 2.86. The molecule has 1 saturated heterocycles. The molecule has 3 nitrogen and oxygen atoms in total. The Morgan fingerprint density at radius 3 is 2.82 bits per heavy atom. The molecule has 1 unspecified atom stereocenters. The molecule has 0 saturated carbocycles. The van der Waals surface area contributed by atoms with Crippen molar-refractivity contribution in [2.75, 3.05) is 6.54 Å². The number of imide groups is 1. The fourth-order valence-electron chi connectivity index (χ4n) is 1.21. The summed E-state index contributed by atoms with van der Waals surface area (Å²) in [7, 11) is 0. The highest BCUT2D eigenvalue weighted by Gasteiger charge is 2.29. The molecule has 0 radical (unpaired) electrons. The first-order valence-corrected chi connectivity index (χ1v) is 3.62. The highest BCUT2D eigenvalue weighted by atomic mass is 16.2. The SMILES string of the molecule is C=CC(=O)N1CC(C)CC1=O. The van der Waals surface area contributed by atoms with Crippen LogP contribution in [0, 0.1) is 5.92 Å². The fraction of sp³-hybridized carbons (Fsp3) is 0.500. The molecule has 0 N–H and O–H groups in total. The van der Waals surface area contributed by atoms with E-state index in [2.05, 4.69) is 6.58 Å². The monoisotopic (exact) mass is 153 g/mol. The summed E-state index contributed by atoms with van der Waals surface area (Å²) in [6.07, 6.45) is 1.66. The maximum Gasteiger partial charge on any atom is 0.252 e. The zero-order chi connectivity index (χ0) is 8.43. The van der Waals surface area contributed by atoms with E-state index >= 15 is 0 Å². The van der Waals surface area contributed by atoms with Crippen LogP contribution >= 0.6 is 0 Å². The molecular weight excluding hydrogens is 142 g/mol. The van der Waals surface area contributed by atoms with E-state index in [-0.39, 0.29) is 11.8 Å². The van der Waals surface area contributed by atoms with Crippen LogP contribution in [-0.2, 0) is 9.59 Å². The van der Waals surface area contributed by atoms with E-state index < -0.39 is 0 Å². The van der Waals surface area contributed by atoms with Crippen LogP contribution in [0.25, 0.3) is 0 Å². The lowest BCUT2D eigenvalue weighted by molar-refractivity contribution is -0.138. The van der Waals surface area contributed by atoms with E-state index in [1.165, 1.54) is 11.0 Å². The molecule has 11 heavy (non-hydrogen) atoms. The lowest BCUT2D eigenvalue weighted by Crippen LogP contribution is -2.30. The molecule has 0 aliphatic carbocycles. The topological polar surface area (TPSA) is 37.4 Å². The first-order chi connectivity index (χ1) is 5.15. The van der Waals surface area contributed by atoms with E-state index in [9.17, 15) is 9.59 Å². The van der Waals surface area contributed by atoms with Crippen LogP contribution in [-0.4, -0.2) is 23.3 Å². The molecule has 1 rings (SSSR count). The van der Waals surface area contributed by atoms with Crippen LogP contribution in [0.3, 0.4) is 0 Å². The Bertz CT molecular complexity index is 210. The Hall–Kier alpha value is -1.12. The fourth-order valence-corrected chi connectivity index (χ4v) is 1.21. The summed E-state index contributed by atoms with van der Waals surface area (Å²) in [5, 5.41) is 0. The van der Waals surface area contributed by atoms with Gasteiger partial charge in [-0.05, 0) is 12.0 Å². The Kier molecular flexibility index (Phi) is 2.08. The van der Waals surface area contributed by atoms with Gasteiger partial charge in [-0.15, -0.1) is 0 Å². The molecule has 3 heteroatoms. The van der Waals surface area contributed by atoms with Gasteiger partial charge in [0.25, 0.3) is 5.91 Å². The molecule has 0 aromatic rings. The van der Waals surface area contributed by atoms with Gasteiger partial charge < -0.3 is 0 Å². The van der Waals surface area contributed by atoms with E-state index in [0.29, 0.717) is 18.9 Å². The van der Waals surface area contributed by atoms with Crippen molar-refractivity contribution in [3.05, 3.63) is 12.7 Å². The van der Waals surface area contributed by atoms with Gasteiger partial charge in [-0.3, -0.25) is 14.5 Å². The molecule has 1 fully saturated rings. The smallest absolute Gasteiger partial charge is 0.252 e. The number of nitrogens with zero attached hydrogens (tertiary/aromatic N) is 1. The second-order valence-electron chi connectivity index (χ2n) is 2.86. The van der Waals surface area contributed by atoms with Crippen molar-refractivity contribution in [3.63, 3.8) is 0 Å². The third-order valence-electron chi connectivity index (χ3n) is 1.76. The molecule has 1 heterocycles. The van der Waals surface area contributed by atoms with E-state index in [0.717, 1.165) is 0 Å². The normalized spacial score (nSPS) is 23.9. The average molecular weight is 153 g/mol. The minimum atomic E-state index is -0.278. The van der Waals surface area contributed by atoms with Crippen LogP contribution in [0.15, 0.2) is 12.7 Å². The first-order valence-electron chi connectivity index (χ1n) is 3.62. The van der Waals surface area contributed by atoms with E-state index in [4.69, 9.17) is 0 Å². The zero-order valence-electron chi connectivity index (χ0n) is 6.54. The van der Waals surface area contributed by atoms with Crippen LogP contribution in [0.5, 0.6) is 0 Å². The molecule has 1 aliphatic rings. The van der Waals surface area contributed by atoms with Crippen molar-refractivity contribution in [2.24, 2.45) is 5.92 Å². The predicted octanol–water partition coefficient (Wildman–Crippen LogP) is 0.567. The summed E-state index contributed by atoms with van der Waals surface area (Å²) in [6.45, 7) is 5.82. The van der Waals surface area contributed by atoms with Gasteiger partial charge in [-0.2, -0.15) is 0 Å². The van der Waals surface area contributed by atoms with Gasteiger partial charge in [0.05, 0.1) is 0 Å². The van der Waals surface area contributed by atoms with Crippen molar-refractivity contribution < 1.29 is 9.59 Å². The molecule has 2 amide bonds. The van der Waals surface area contributed by atoms with Gasteiger partial charge in [0, 0.05) is 13.0 Å². The standard InChI is InChI=1S/C8H11NO2/c1-3-7(10)9-5-6(2)4-8(9)11/h3,6H,1,4-5H2,2H3. The van der Waals surface area contributed by atoms with Gasteiger partial charge in [0.2, 0.25) is 5.91 Å². The number of carbonyl (C=O) groups excluding carboxylic acids is 2. The van der Waals surface area contributed by atoms with Crippen molar-refractivity contribution in [3.8, 4) is 0 Å². The molecule has 0 bridgehead atoms. The molecule has 0 aromatic carbocycles. The lowest BCUT2D eigenvalue weighted by atomic mass is 10.2. The number of likely N-dealkylation sites (tertiary alicyclic amines) is 1. The highest BCUT2D eigenvalue weighted by Crippen LogP contribution is 2.16. The minimum Gasteiger partial charge on any atom is -0.279 e. The van der Waals surface area contributed by atoms with Crippen molar-refractivity contribution in [1.29, 1.82) is 0 Å². The number of hydrogen-bond donors (Lipinski definition) is 0. The summed E-state index contributed by atoms with van der Waals surface area (Å²) in [6, 6.07) is 0. The van der Waals surface area contributed by atoms with Gasteiger partial charge in [-0.25, -0.2) is 0 Å². The van der Waals surface area contributed by atoms with E-state index in [1.807, 2.05) is 6.92 Å². The molecule has 1 atom stereocenters. The molecule has 0 aromatic heterocycles. The van der Waals surface area contributed by atoms with Gasteiger partial charge in [0.15, 0.2) is 0 Å². The van der Waals surface area contributed by atoms with E-state index in [1.54, 1.807) is 0 Å². The van der Waals surface area contributed by atoms with Crippen LogP contribution < -0.4 is 0 Å². The summed E-state index contributed by atoms with van der Waals surface area (Å²) in [5.41, 5.74) is 0. The van der Waals surface area contributed by atoms with Gasteiger partial charge in [-0.1, -0.05) is 13.5 Å². The Labute approximate surface area is 65.7 Å². The maximum atomic E-state index is 11.0. The number of amides is 2. The number of rotatable bonds is 1. The second kappa shape index (κ2) is 2.86. The van der Waals surface area contributed by atoms with Crippen LogP contribution in [0.1, 0.15) is 13.3 Å². The highest BCUT2D eigenvalue weighted by molar-refractivity contribution is 6.01. The molecule has 60 valence electrons. The summed E-state index contributed by atoms with van der Waals surface area (Å²) >= 11 is 0. The quantitative estimate of drug-likeness (QED) is 0.516. The number of carbonyl (C=O) groups is 2. The first kappa shape index (κ1) is 7.98. The molecular formula is C8H11NO2. The van der Waals surface area contributed by atoms with Crippen molar-refractivity contribution >= 4 is 11.8 Å². The zero-order valence-corrected chi connectivity index (χ0v) is 6.54. The largest absolute Gasteiger partial charge is 0.279 e. The van der Waals surface area contributed by atoms with Crippen molar-refractivity contribution in [1.82, 2.24) is 4.90 Å². The third kappa shape index (κ3) is 1.48. The molecule has 0 spiro atoms. The average Bonchev–Trinajstić information content (AvgIpc) is 2.28. The predicted molar refractivity (Wildman–Crippen MR) is 40.7 cm³/mol. The minimum absolute atomic E-state index is 0.0811. The third-order valence-corrected chi connectivity index (χ3v) is 1.76. The van der Waals surface area contributed by atoms with Gasteiger partial charge in [0.1, 0.15) is 0 Å². The Balaban J connectivity index is 2.67. The summed E-state index contributed by atoms with van der Waals surface area (Å²) < 4.78 is 0. The Morgan fingerprint density at radius 2 is 2.45 bits per heavy atom. The lowest BCUT2D eigenvalue weighted by Gasteiger charge is -2.09. The summed E-state index contributed by atoms with van der Waals surface area (Å²) in [4.78, 5) is 23.2. The van der Waals surface area contributed by atoms with Crippen LogP contribution in [0.2, 0.25) is 0 Å². The molecule has 1 aliphatic heterocycles. The van der Waals surface area contributed by atoms with Gasteiger partial charge >= 0.3 is 0 Å². The summed E-state index contributed by atoms with van der Waals surface area (Å²) in [5.74, 6) is -0.0619. The number of hydrogen-bond acceptors (Lipinski definition) is 2. The van der Waals surface area contributed by atoms with Crippen molar-refractivity contribution in [2.45, 2.75) is 13.3 Å². The Morgan fingerprint density at radius 1 is 1.82 bits per heavy atom. The maximum absolute atomic E-state index is 11.0.